The molecule has 144 valence electrons. The number of nitrogens with zero attached hydrogens (tertiary/aromatic N) is 1. The van der Waals surface area contributed by atoms with Crippen LogP contribution < -0.4 is 4.72 Å². The van der Waals surface area contributed by atoms with Crippen molar-refractivity contribution >= 4 is 21.6 Å². The fourth-order valence-electron chi connectivity index (χ4n) is 2.83. The maximum absolute atomic E-state index is 12.8. The van der Waals surface area contributed by atoms with Crippen LogP contribution in [0, 0.1) is 0 Å². The van der Waals surface area contributed by atoms with Gasteiger partial charge in [-0.05, 0) is 48.9 Å². The van der Waals surface area contributed by atoms with Gasteiger partial charge in [-0.2, -0.15) is 0 Å². The highest BCUT2D eigenvalue weighted by atomic mass is 32.2. The molecule has 5 nitrogen and oxygen atoms in total. The summed E-state index contributed by atoms with van der Waals surface area (Å²) in [6.07, 6.45) is 0. The van der Waals surface area contributed by atoms with E-state index in [4.69, 9.17) is 0 Å². The lowest BCUT2D eigenvalue weighted by atomic mass is 10.1. The molecular formula is C22H22N2O3S. The van der Waals surface area contributed by atoms with Gasteiger partial charge in [-0.3, -0.25) is 9.52 Å². The van der Waals surface area contributed by atoms with Crippen molar-refractivity contribution in [2.24, 2.45) is 0 Å². The Hall–Kier alpha value is -3.12. The Morgan fingerprint density at radius 2 is 1.39 bits per heavy atom. The van der Waals surface area contributed by atoms with E-state index in [0.717, 1.165) is 5.56 Å². The number of rotatable bonds is 6. The molecule has 1 amide bonds. The Balaban J connectivity index is 1.75. The second kappa shape index (κ2) is 8.27. The molecule has 6 heteroatoms. The molecule has 3 rings (SSSR count). The summed E-state index contributed by atoms with van der Waals surface area (Å²) in [6, 6.07) is 24.3. The molecule has 0 aliphatic heterocycles. The fraction of sp³-hybridized carbons (Fsp3) is 0.136. The Kier molecular flexibility index (Phi) is 5.80. The first-order valence-corrected chi connectivity index (χ1v) is 10.4. The molecule has 0 heterocycles. The highest BCUT2D eigenvalue weighted by molar-refractivity contribution is 7.92. The van der Waals surface area contributed by atoms with E-state index in [1.54, 1.807) is 36.2 Å². The average Bonchev–Trinajstić information content (AvgIpc) is 2.73. The summed E-state index contributed by atoms with van der Waals surface area (Å²) in [4.78, 5) is 14.5. The van der Waals surface area contributed by atoms with E-state index < -0.39 is 10.0 Å². The van der Waals surface area contributed by atoms with Crippen molar-refractivity contribution in [2.75, 3.05) is 11.8 Å². The zero-order chi connectivity index (χ0) is 20.1. The molecule has 0 saturated carbocycles. The van der Waals surface area contributed by atoms with Crippen LogP contribution in [0.3, 0.4) is 0 Å². The first kappa shape index (κ1) is 19.6. The summed E-state index contributed by atoms with van der Waals surface area (Å²) in [5, 5.41) is 0. The number of para-hydroxylation sites is 1. The van der Waals surface area contributed by atoms with E-state index in [9.17, 15) is 13.2 Å². The molecule has 1 N–H and O–H groups in total. The fourth-order valence-corrected chi connectivity index (χ4v) is 3.89. The Bertz CT molecular complexity index is 1030. The van der Waals surface area contributed by atoms with E-state index in [1.807, 2.05) is 43.3 Å². The van der Waals surface area contributed by atoms with Crippen LogP contribution in [-0.4, -0.2) is 26.3 Å². The van der Waals surface area contributed by atoms with Crippen LogP contribution in [0.15, 0.2) is 89.8 Å². The van der Waals surface area contributed by atoms with Crippen molar-refractivity contribution < 1.29 is 13.2 Å². The van der Waals surface area contributed by atoms with Crippen molar-refractivity contribution in [1.29, 1.82) is 0 Å². The number of sulfonamides is 1. The summed E-state index contributed by atoms with van der Waals surface area (Å²) >= 11 is 0. The van der Waals surface area contributed by atoms with Crippen molar-refractivity contribution in [3.05, 3.63) is 96.1 Å². The molecule has 1 atom stereocenters. The number of anilines is 1. The summed E-state index contributed by atoms with van der Waals surface area (Å²) in [5.41, 5.74) is 1.95. The largest absolute Gasteiger partial charge is 0.335 e. The van der Waals surface area contributed by atoms with Crippen molar-refractivity contribution in [2.45, 2.75) is 17.9 Å². The van der Waals surface area contributed by atoms with Crippen molar-refractivity contribution in [1.82, 2.24) is 4.90 Å². The van der Waals surface area contributed by atoms with Gasteiger partial charge in [-0.25, -0.2) is 8.42 Å². The van der Waals surface area contributed by atoms with Gasteiger partial charge in [0, 0.05) is 18.3 Å². The molecule has 0 unspecified atom stereocenters. The maximum atomic E-state index is 12.8. The number of hydrogen-bond acceptors (Lipinski definition) is 3. The lowest BCUT2D eigenvalue weighted by Crippen LogP contribution is -2.29. The number of benzene rings is 3. The summed E-state index contributed by atoms with van der Waals surface area (Å²) in [7, 11) is -1.97. The number of hydrogen-bond donors (Lipinski definition) is 1. The predicted molar refractivity (Wildman–Crippen MR) is 111 cm³/mol. The number of nitrogens with one attached hydrogen (secondary N) is 1. The van der Waals surface area contributed by atoms with E-state index in [-0.39, 0.29) is 16.8 Å². The Morgan fingerprint density at radius 3 is 1.96 bits per heavy atom. The van der Waals surface area contributed by atoms with Crippen LogP contribution >= 0.6 is 0 Å². The molecule has 0 bridgehead atoms. The summed E-state index contributed by atoms with van der Waals surface area (Å²) in [5.74, 6) is -0.170. The SMILES string of the molecule is C[C@H](c1ccccc1)N(C)C(=O)c1ccc(S(=O)(=O)Nc2ccccc2)cc1. The molecular weight excluding hydrogens is 372 g/mol. The normalized spacial score (nSPS) is 12.2. The Labute approximate surface area is 165 Å². The van der Waals surface area contributed by atoms with Crippen LogP contribution in [0.1, 0.15) is 28.9 Å². The van der Waals surface area contributed by atoms with Gasteiger partial charge >= 0.3 is 0 Å². The molecule has 3 aromatic rings. The topological polar surface area (TPSA) is 66.5 Å². The predicted octanol–water partition coefficient (Wildman–Crippen LogP) is 4.32. The van der Waals surface area contributed by atoms with E-state index >= 15 is 0 Å². The number of carbonyl (C=O) groups is 1. The van der Waals surface area contributed by atoms with E-state index in [2.05, 4.69) is 4.72 Å². The van der Waals surface area contributed by atoms with E-state index in [1.165, 1.54) is 24.3 Å². The standard InChI is InChI=1S/C22H22N2O3S/c1-17(18-9-5-3-6-10-18)24(2)22(25)19-13-15-21(16-14-19)28(26,27)23-20-11-7-4-8-12-20/h3-17,23H,1-2H3/t17-/m1/s1. The lowest BCUT2D eigenvalue weighted by Gasteiger charge is -2.25. The highest BCUT2D eigenvalue weighted by Gasteiger charge is 2.20. The average molecular weight is 394 g/mol. The summed E-state index contributed by atoms with van der Waals surface area (Å²) < 4.78 is 27.5. The highest BCUT2D eigenvalue weighted by Crippen LogP contribution is 2.22. The number of amides is 1. The quantitative estimate of drug-likeness (QED) is 0.677. The molecule has 0 fully saturated rings. The van der Waals surface area contributed by atoms with Gasteiger partial charge in [0.25, 0.3) is 15.9 Å². The van der Waals surface area contributed by atoms with Crippen LogP contribution in [0.2, 0.25) is 0 Å². The van der Waals surface area contributed by atoms with Crippen LogP contribution in [0.25, 0.3) is 0 Å². The lowest BCUT2D eigenvalue weighted by molar-refractivity contribution is 0.0742. The van der Waals surface area contributed by atoms with Crippen molar-refractivity contribution in [3.63, 3.8) is 0 Å². The molecule has 0 aliphatic carbocycles. The van der Waals surface area contributed by atoms with Crippen LogP contribution in [0.5, 0.6) is 0 Å². The van der Waals surface area contributed by atoms with Gasteiger partial charge < -0.3 is 4.90 Å². The molecule has 0 aliphatic rings. The van der Waals surface area contributed by atoms with Crippen LogP contribution in [0.4, 0.5) is 5.69 Å². The second-order valence-electron chi connectivity index (χ2n) is 6.50. The van der Waals surface area contributed by atoms with Gasteiger partial charge in [-0.15, -0.1) is 0 Å². The Morgan fingerprint density at radius 1 is 0.857 bits per heavy atom. The number of carbonyl (C=O) groups excluding carboxylic acids is 1. The third-order valence-electron chi connectivity index (χ3n) is 4.62. The van der Waals surface area contributed by atoms with Gasteiger partial charge in [-0.1, -0.05) is 48.5 Å². The minimum atomic E-state index is -3.71. The first-order valence-electron chi connectivity index (χ1n) is 8.88. The summed E-state index contributed by atoms with van der Waals surface area (Å²) in [6.45, 7) is 1.95. The smallest absolute Gasteiger partial charge is 0.261 e. The molecule has 0 radical (unpaired) electrons. The van der Waals surface area contributed by atoms with Gasteiger partial charge in [0.05, 0.1) is 10.9 Å². The monoisotopic (exact) mass is 394 g/mol. The zero-order valence-electron chi connectivity index (χ0n) is 15.7. The van der Waals surface area contributed by atoms with E-state index in [0.29, 0.717) is 11.3 Å². The molecule has 0 aromatic heterocycles. The van der Waals surface area contributed by atoms with Crippen LogP contribution in [-0.2, 0) is 10.0 Å². The third kappa shape index (κ3) is 4.40. The van der Waals surface area contributed by atoms with Gasteiger partial charge in [0.1, 0.15) is 0 Å². The molecule has 3 aromatic carbocycles. The molecule has 0 spiro atoms. The van der Waals surface area contributed by atoms with Gasteiger partial charge in [0.15, 0.2) is 0 Å². The molecule has 28 heavy (non-hydrogen) atoms. The minimum absolute atomic E-state index is 0.100. The molecule has 0 saturated heterocycles. The first-order chi connectivity index (χ1) is 13.4. The van der Waals surface area contributed by atoms with Gasteiger partial charge in [0.2, 0.25) is 0 Å². The zero-order valence-corrected chi connectivity index (χ0v) is 16.6. The third-order valence-corrected chi connectivity index (χ3v) is 6.02. The maximum Gasteiger partial charge on any atom is 0.261 e. The van der Waals surface area contributed by atoms with Crippen molar-refractivity contribution in [3.8, 4) is 0 Å². The minimum Gasteiger partial charge on any atom is -0.335 e. The second-order valence-corrected chi connectivity index (χ2v) is 8.18.